The number of nitrogens with one attached hydrogen (secondary N) is 1. The van der Waals surface area contributed by atoms with E-state index in [9.17, 15) is 13.2 Å². The fourth-order valence-corrected chi connectivity index (χ4v) is 4.49. The average Bonchev–Trinajstić information content (AvgIpc) is 2.67. The van der Waals surface area contributed by atoms with Crippen LogP contribution < -0.4 is 5.32 Å². The molecule has 1 saturated heterocycles. The van der Waals surface area contributed by atoms with Crippen molar-refractivity contribution in [3.8, 4) is 0 Å². The third kappa shape index (κ3) is 4.20. The van der Waals surface area contributed by atoms with Gasteiger partial charge in [-0.15, -0.1) is 0 Å². The van der Waals surface area contributed by atoms with Crippen molar-refractivity contribution in [1.82, 2.24) is 9.29 Å². The van der Waals surface area contributed by atoms with Gasteiger partial charge in [0.1, 0.15) is 5.82 Å². The van der Waals surface area contributed by atoms with E-state index < -0.39 is 16.0 Å². The molecule has 0 unspecified atom stereocenters. The Labute approximate surface area is 152 Å². The number of rotatable bonds is 6. The molecular formula is C18H21N3O4S. The van der Waals surface area contributed by atoms with E-state index in [0.717, 1.165) is 12.8 Å². The van der Waals surface area contributed by atoms with E-state index >= 15 is 0 Å². The maximum absolute atomic E-state index is 12.6. The Balaban J connectivity index is 1.54. The molecule has 0 saturated carbocycles. The minimum absolute atomic E-state index is 0.00114. The molecule has 0 aliphatic carbocycles. The largest absolute Gasteiger partial charge is 0.477 e. The molecule has 2 N–H and O–H groups in total. The quantitative estimate of drug-likeness (QED) is 0.804. The van der Waals surface area contributed by atoms with E-state index in [-0.39, 0.29) is 5.69 Å². The second-order valence-electron chi connectivity index (χ2n) is 6.25. The topological polar surface area (TPSA) is 99.6 Å². The third-order valence-electron chi connectivity index (χ3n) is 4.49. The molecule has 1 aromatic carbocycles. The Kier molecular flexibility index (Phi) is 5.53. The molecule has 2 aromatic rings. The normalized spacial score (nSPS) is 16.3. The zero-order valence-electron chi connectivity index (χ0n) is 14.2. The molecule has 1 aliphatic rings. The standard InChI is InChI=1S/C18H21N3O4S/c22-18(23)16-7-4-8-17(20-16)19-13-14-9-11-21(12-10-14)26(24,25)15-5-2-1-3-6-15/h1-8,14H,9-13H2,(H,19,20)(H,22,23). The molecule has 3 rings (SSSR count). The van der Waals surface area contributed by atoms with Crippen LogP contribution >= 0.6 is 0 Å². The van der Waals surface area contributed by atoms with Gasteiger partial charge in [-0.05, 0) is 43.0 Å². The fourth-order valence-electron chi connectivity index (χ4n) is 3.00. The van der Waals surface area contributed by atoms with Gasteiger partial charge < -0.3 is 10.4 Å². The lowest BCUT2D eigenvalue weighted by Gasteiger charge is -2.31. The molecule has 0 atom stereocenters. The number of carbonyl (C=O) groups is 1. The molecule has 138 valence electrons. The highest BCUT2D eigenvalue weighted by Gasteiger charge is 2.29. The number of aromatic carboxylic acids is 1. The van der Waals surface area contributed by atoms with Gasteiger partial charge >= 0.3 is 5.97 Å². The van der Waals surface area contributed by atoms with Crippen LogP contribution in [0.4, 0.5) is 5.82 Å². The molecule has 0 amide bonds. The van der Waals surface area contributed by atoms with Crippen molar-refractivity contribution >= 4 is 21.8 Å². The van der Waals surface area contributed by atoms with Gasteiger partial charge in [-0.25, -0.2) is 18.2 Å². The van der Waals surface area contributed by atoms with Crippen LogP contribution in [0.15, 0.2) is 53.4 Å². The molecule has 8 heteroatoms. The zero-order chi connectivity index (χ0) is 18.6. The van der Waals surface area contributed by atoms with Crippen LogP contribution in [0.1, 0.15) is 23.3 Å². The number of carboxylic acids is 1. The molecular weight excluding hydrogens is 354 g/mol. The predicted octanol–water partition coefficient (Wildman–Crippen LogP) is 2.29. The third-order valence-corrected chi connectivity index (χ3v) is 6.41. The maximum atomic E-state index is 12.6. The Morgan fingerprint density at radius 2 is 1.81 bits per heavy atom. The summed E-state index contributed by atoms with van der Waals surface area (Å²) in [6, 6.07) is 13.3. The van der Waals surface area contributed by atoms with E-state index in [1.54, 1.807) is 42.5 Å². The van der Waals surface area contributed by atoms with Crippen molar-refractivity contribution in [2.24, 2.45) is 5.92 Å². The van der Waals surface area contributed by atoms with E-state index in [0.29, 0.717) is 36.3 Å². The SMILES string of the molecule is O=C(O)c1cccc(NCC2CCN(S(=O)(=O)c3ccccc3)CC2)n1. The first kappa shape index (κ1) is 18.3. The summed E-state index contributed by atoms with van der Waals surface area (Å²) >= 11 is 0. The van der Waals surface area contributed by atoms with Crippen LogP contribution in [-0.2, 0) is 10.0 Å². The molecule has 1 aliphatic heterocycles. The summed E-state index contributed by atoms with van der Waals surface area (Å²) in [5.74, 6) is -0.232. The van der Waals surface area contributed by atoms with E-state index in [4.69, 9.17) is 5.11 Å². The Morgan fingerprint density at radius 1 is 1.12 bits per heavy atom. The van der Waals surface area contributed by atoms with Gasteiger partial charge in [-0.1, -0.05) is 24.3 Å². The lowest BCUT2D eigenvalue weighted by atomic mass is 9.98. The highest BCUT2D eigenvalue weighted by atomic mass is 32.2. The van der Waals surface area contributed by atoms with Gasteiger partial charge in [0.2, 0.25) is 10.0 Å². The van der Waals surface area contributed by atoms with Gasteiger partial charge in [0.15, 0.2) is 5.69 Å². The summed E-state index contributed by atoms with van der Waals surface area (Å²) in [5.41, 5.74) is -0.00114. The second-order valence-corrected chi connectivity index (χ2v) is 8.19. The number of carboxylic acid groups (broad SMARTS) is 1. The molecule has 26 heavy (non-hydrogen) atoms. The predicted molar refractivity (Wildman–Crippen MR) is 97.6 cm³/mol. The summed E-state index contributed by atoms with van der Waals surface area (Å²) in [6.07, 6.45) is 1.50. The molecule has 0 radical (unpaired) electrons. The molecule has 1 fully saturated rings. The van der Waals surface area contributed by atoms with Crippen LogP contribution in [-0.4, -0.2) is 48.4 Å². The minimum atomic E-state index is -3.43. The molecule has 0 bridgehead atoms. The lowest BCUT2D eigenvalue weighted by molar-refractivity contribution is 0.0690. The number of benzene rings is 1. The number of hydrogen-bond donors (Lipinski definition) is 2. The van der Waals surface area contributed by atoms with Gasteiger partial charge in [0.25, 0.3) is 0 Å². The summed E-state index contributed by atoms with van der Waals surface area (Å²) in [6.45, 7) is 1.59. The van der Waals surface area contributed by atoms with Gasteiger partial charge in [0.05, 0.1) is 4.90 Å². The van der Waals surface area contributed by atoms with Crippen molar-refractivity contribution in [1.29, 1.82) is 0 Å². The fraction of sp³-hybridized carbons (Fsp3) is 0.333. The van der Waals surface area contributed by atoms with Crippen LogP contribution in [0, 0.1) is 5.92 Å². The van der Waals surface area contributed by atoms with Crippen molar-refractivity contribution < 1.29 is 18.3 Å². The smallest absolute Gasteiger partial charge is 0.354 e. The first-order valence-electron chi connectivity index (χ1n) is 8.46. The summed E-state index contributed by atoms with van der Waals surface area (Å²) in [5, 5.41) is 12.1. The number of nitrogens with zero attached hydrogens (tertiary/aromatic N) is 2. The molecule has 2 heterocycles. The number of hydrogen-bond acceptors (Lipinski definition) is 5. The maximum Gasteiger partial charge on any atom is 0.354 e. The minimum Gasteiger partial charge on any atom is -0.477 e. The highest BCUT2D eigenvalue weighted by Crippen LogP contribution is 2.24. The van der Waals surface area contributed by atoms with Gasteiger partial charge in [-0.3, -0.25) is 0 Å². The number of aromatic nitrogens is 1. The Bertz CT molecular complexity index is 863. The van der Waals surface area contributed by atoms with E-state index in [1.807, 2.05) is 0 Å². The molecule has 7 nitrogen and oxygen atoms in total. The van der Waals surface area contributed by atoms with E-state index in [2.05, 4.69) is 10.3 Å². The summed E-state index contributed by atoms with van der Waals surface area (Å²) < 4.78 is 26.8. The van der Waals surface area contributed by atoms with Crippen LogP contribution in [0.5, 0.6) is 0 Å². The van der Waals surface area contributed by atoms with Gasteiger partial charge in [0, 0.05) is 19.6 Å². The van der Waals surface area contributed by atoms with Crippen LogP contribution in [0.3, 0.4) is 0 Å². The van der Waals surface area contributed by atoms with Crippen molar-refractivity contribution in [3.05, 3.63) is 54.2 Å². The first-order valence-corrected chi connectivity index (χ1v) is 9.90. The molecule has 1 aromatic heterocycles. The highest BCUT2D eigenvalue weighted by molar-refractivity contribution is 7.89. The van der Waals surface area contributed by atoms with E-state index in [1.165, 1.54) is 10.4 Å². The van der Waals surface area contributed by atoms with Crippen LogP contribution in [0.25, 0.3) is 0 Å². The number of pyridine rings is 1. The summed E-state index contributed by atoms with van der Waals surface area (Å²) in [4.78, 5) is 15.3. The first-order chi connectivity index (χ1) is 12.5. The Hall–Kier alpha value is -2.45. The van der Waals surface area contributed by atoms with Crippen molar-refractivity contribution in [2.45, 2.75) is 17.7 Å². The van der Waals surface area contributed by atoms with Crippen molar-refractivity contribution in [2.75, 3.05) is 25.0 Å². The second kappa shape index (κ2) is 7.84. The summed E-state index contributed by atoms with van der Waals surface area (Å²) in [7, 11) is -3.43. The zero-order valence-corrected chi connectivity index (χ0v) is 15.0. The van der Waals surface area contributed by atoms with Crippen LogP contribution in [0.2, 0.25) is 0 Å². The monoisotopic (exact) mass is 375 g/mol. The number of anilines is 1. The molecule has 0 spiro atoms. The average molecular weight is 375 g/mol. The van der Waals surface area contributed by atoms with Crippen molar-refractivity contribution in [3.63, 3.8) is 0 Å². The Morgan fingerprint density at radius 3 is 2.46 bits per heavy atom. The lowest BCUT2D eigenvalue weighted by Crippen LogP contribution is -2.39. The van der Waals surface area contributed by atoms with Gasteiger partial charge in [-0.2, -0.15) is 4.31 Å². The number of sulfonamides is 1. The number of piperidine rings is 1.